The summed E-state index contributed by atoms with van der Waals surface area (Å²) >= 11 is 0. The first-order valence-electron chi connectivity index (χ1n) is 6.16. The monoisotopic (exact) mass is 241 g/mol. The highest BCUT2D eigenvalue weighted by atomic mass is 16.2. The molecule has 0 atom stereocenters. The summed E-state index contributed by atoms with van der Waals surface area (Å²) in [6, 6.07) is 10.1. The third-order valence-electron chi connectivity index (χ3n) is 3.25. The number of aliphatic imine (C=N–C) groups is 1. The van der Waals surface area contributed by atoms with Crippen molar-refractivity contribution in [3.05, 3.63) is 48.2 Å². The lowest BCUT2D eigenvalue weighted by molar-refractivity contribution is 0.203. The van der Waals surface area contributed by atoms with E-state index in [1.165, 1.54) is 5.56 Å². The molecule has 1 saturated heterocycles. The number of urea groups is 1. The van der Waals surface area contributed by atoms with Gasteiger partial charge in [0.15, 0.2) is 0 Å². The molecular formula is C14H15N3O. The summed E-state index contributed by atoms with van der Waals surface area (Å²) in [6.45, 7) is 2.19. The first-order chi connectivity index (χ1) is 8.84. The fourth-order valence-corrected chi connectivity index (χ4v) is 2.30. The number of hydrogen-bond donors (Lipinski definition) is 0. The van der Waals surface area contributed by atoms with Crippen molar-refractivity contribution in [3.8, 4) is 0 Å². The molecule has 0 aromatic heterocycles. The Morgan fingerprint density at radius 1 is 1.17 bits per heavy atom. The minimum Gasteiger partial charge on any atom is -0.318 e. The quantitative estimate of drug-likeness (QED) is 0.782. The van der Waals surface area contributed by atoms with Crippen LogP contribution in [0.25, 0.3) is 0 Å². The van der Waals surface area contributed by atoms with E-state index in [0.29, 0.717) is 6.54 Å². The van der Waals surface area contributed by atoms with Crippen LogP contribution in [0.2, 0.25) is 0 Å². The van der Waals surface area contributed by atoms with Crippen molar-refractivity contribution in [2.24, 2.45) is 4.99 Å². The minimum absolute atomic E-state index is 0.0707. The number of amidine groups is 1. The van der Waals surface area contributed by atoms with Crippen molar-refractivity contribution < 1.29 is 4.79 Å². The second-order valence-electron chi connectivity index (χ2n) is 4.48. The van der Waals surface area contributed by atoms with Crippen LogP contribution in [0.15, 0.2) is 47.6 Å². The SMILES string of the molecule is O=C1N(Cc2ccccc2)CCN1C1=NC=CC1. The molecule has 92 valence electrons. The van der Waals surface area contributed by atoms with Crippen LogP contribution in [0.5, 0.6) is 0 Å². The summed E-state index contributed by atoms with van der Waals surface area (Å²) in [7, 11) is 0. The zero-order chi connectivity index (χ0) is 12.4. The first kappa shape index (κ1) is 11.0. The molecule has 18 heavy (non-hydrogen) atoms. The zero-order valence-corrected chi connectivity index (χ0v) is 10.1. The van der Waals surface area contributed by atoms with E-state index >= 15 is 0 Å². The van der Waals surface area contributed by atoms with Gasteiger partial charge in [-0.3, -0.25) is 4.90 Å². The van der Waals surface area contributed by atoms with Crippen LogP contribution in [0, 0.1) is 0 Å². The molecule has 0 unspecified atom stereocenters. The summed E-state index contributed by atoms with van der Waals surface area (Å²) in [5, 5.41) is 0. The number of rotatable bonds is 2. The number of carbonyl (C=O) groups is 1. The van der Waals surface area contributed by atoms with Gasteiger partial charge in [-0.05, 0) is 5.56 Å². The molecule has 1 aromatic rings. The second kappa shape index (κ2) is 4.64. The van der Waals surface area contributed by atoms with Crippen molar-refractivity contribution >= 4 is 11.9 Å². The summed E-state index contributed by atoms with van der Waals surface area (Å²) in [6.07, 6.45) is 4.51. The maximum Gasteiger partial charge on any atom is 0.325 e. The number of amides is 2. The average molecular weight is 241 g/mol. The van der Waals surface area contributed by atoms with Crippen molar-refractivity contribution in [3.63, 3.8) is 0 Å². The maximum absolute atomic E-state index is 12.2. The summed E-state index contributed by atoms with van der Waals surface area (Å²) in [5.74, 6) is 0.871. The normalized spacial score (nSPS) is 18.7. The van der Waals surface area contributed by atoms with Gasteiger partial charge in [0, 0.05) is 32.3 Å². The van der Waals surface area contributed by atoms with Crippen molar-refractivity contribution in [2.45, 2.75) is 13.0 Å². The molecule has 2 heterocycles. The van der Waals surface area contributed by atoms with Crippen LogP contribution in [0.4, 0.5) is 4.79 Å². The number of carbonyl (C=O) groups excluding carboxylic acids is 1. The number of benzene rings is 1. The van der Waals surface area contributed by atoms with Gasteiger partial charge < -0.3 is 4.90 Å². The fraction of sp³-hybridized carbons (Fsp3) is 0.286. The van der Waals surface area contributed by atoms with E-state index in [9.17, 15) is 4.79 Å². The molecule has 2 aliphatic rings. The summed E-state index contributed by atoms with van der Waals surface area (Å²) in [4.78, 5) is 20.1. The molecule has 0 spiro atoms. The Kier molecular flexibility index (Phi) is 2.84. The van der Waals surface area contributed by atoms with E-state index in [0.717, 1.165) is 25.3 Å². The molecule has 0 aliphatic carbocycles. The molecule has 3 rings (SSSR count). The van der Waals surface area contributed by atoms with Crippen LogP contribution in [0.1, 0.15) is 12.0 Å². The van der Waals surface area contributed by atoms with Crippen LogP contribution < -0.4 is 0 Å². The number of nitrogens with zero attached hydrogens (tertiary/aromatic N) is 3. The van der Waals surface area contributed by atoms with Gasteiger partial charge in [-0.15, -0.1) is 0 Å². The Balaban J connectivity index is 1.68. The molecule has 2 aliphatic heterocycles. The highest BCUT2D eigenvalue weighted by molar-refractivity contribution is 6.00. The topological polar surface area (TPSA) is 35.9 Å². The molecule has 4 nitrogen and oxygen atoms in total. The van der Waals surface area contributed by atoms with Gasteiger partial charge in [0.2, 0.25) is 0 Å². The van der Waals surface area contributed by atoms with Crippen LogP contribution >= 0.6 is 0 Å². The van der Waals surface area contributed by atoms with E-state index in [1.807, 2.05) is 41.3 Å². The van der Waals surface area contributed by atoms with E-state index < -0.39 is 0 Å². The third kappa shape index (κ3) is 2.01. The van der Waals surface area contributed by atoms with Crippen molar-refractivity contribution in [1.82, 2.24) is 9.80 Å². The van der Waals surface area contributed by atoms with Gasteiger partial charge in [-0.25, -0.2) is 9.79 Å². The summed E-state index contributed by atoms with van der Waals surface area (Å²) < 4.78 is 0. The van der Waals surface area contributed by atoms with Crippen molar-refractivity contribution in [2.75, 3.05) is 13.1 Å². The molecule has 2 amide bonds. The van der Waals surface area contributed by atoms with Gasteiger partial charge in [-0.1, -0.05) is 36.4 Å². The van der Waals surface area contributed by atoms with E-state index in [4.69, 9.17) is 0 Å². The van der Waals surface area contributed by atoms with Crippen LogP contribution in [0.3, 0.4) is 0 Å². The van der Waals surface area contributed by atoms with Gasteiger partial charge in [-0.2, -0.15) is 0 Å². The number of hydrogen-bond acceptors (Lipinski definition) is 2. The highest BCUT2D eigenvalue weighted by Gasteiger charge is 2.31. The smallest absolute Gasteiger partial charge is 0.318 e. The van der Waals surface area contributed by atoms with Crippen molar-refractivity contribution in [1.29, 1.82) is 0 Å². The van der Waals surface area contributed by atoms with E-state index in [-0.39, 0.29) is 6.03 Å². The van der Waals surface area contributed by atoms with E-state index in [1.54, 1.807) is 11.1 Å². The van der Waals surface area contributed by atoms with Gasteiger partial charge in [0.25, 0.3) is 0 Å². The molecular weight excluding hydrogens is 226 g/mol. The lowest BCUT2D eigenvalue weighted by Crippen LogP contribution is -2.35. The Morgan fingerprint density at radius 2 is 2.00 bits per heavy atom. The molecule has 0 radical (unpaired) electrons. The van der Waals surface area contributed by atoms with Crippen LogP contribution in [-0.4, -0.2) is 34.8 Å². The second-order valence-corrected chi connectivity index (χ2v) is 4.48. The Labute approximate surface area is 106 Å². The van der Waals surface area contributed by atoms with Gasteiger partial charge >= 0.3 is 6.03 Å². The lowest BCUT2D eigenvalue weighted by atomic mass is 10.2. The minimum atomic E-state index is 0.0707. The molecule has 0 bridgehead atoms. The van der Waals surface area contributed by atoms with Gasteiger partial charge in [0.1, 0.15) is 5.84 Å². The first-order valence-corrected chi connectivity index (χ1v) is 6.16. The third-order valence-corrected chi connectivity index (χ3v) is 3.25. The van der Waals surface area contributed by atoms with Gasteiger partial charge in [0.05, 0.1) is 0 Å². The Hall–Kier alpha value is -2.10. The molecule has 1 aromatic carbocycles. The average Bonchev–Trinajstić information content (AvgIpc) is 3.02. The highest BCUT2D eigenvalue weighted by Crippen LogP contribution is 2.16. The standard InChI is InChI=1S/C14H15N3O/c18-14-16(11-12-5-2-1-3-6-12)9-10-17(14)13-7-4-8-15-13/h1-6,8H,7,9-11H2. The predicted octanol–water partition coefficient (Wildman–Crippen LogP) is 2.24. The molecule has 1 fully saturated rings. The largest absolute Gasteiger partial charge is 0.325 e. The summed E-state index contributed by atoms with van der Waals surface area (Å²) in [5.41, 5.74) is 1.17. The molecule has 4 heteroatoms. The Bertz CT molecular complexity index is 507. The Morgan fingerprint density at radius 3 is 2.72 bits per heavy atom. The fourth-order valence-electron chi connectivity index (χ4n) is 2.30. The predicted molar refractivity (Wildman–Crippen MR) is 70.1 cm³/mol. The lowest BCUT2D eigenvalue weighted by Gasteiger charge is -2.18. The van der Waals surface area contributed by atoms with E-state index in [2.05, 4.69) is 4.99 Å². The zero-order valence-electron chi connectivity index (χ0n) is 10.1. The maximum atomic E-state index is 12.2. The van der Waals surface area contributed by atoms with Crippen LogP contribution in [-0.2, 0) is 6.54 Å². The molecule has 0 N–H and O–H groups in total. The molecule has 0 saturated carbocycles.